The van der Waals surface area contributed by atoms with Crippen molar-refractivity contribution in [3.05, 3.63) is 29.8 Å². The standard InChI is InChI=1S/C16H25NO2/c1-13-6-8-16(9-7-13)19-12-15(18)11-17-10-4-3-5-14(17)2/h6-9,14-15,18H,3-5,10-12H2,1-2H3/t14-,15-/m1/s1. The van der Waals surface area contributed by atoms with Gasteiger partial charge in [-0.1, -0.05) is 24.1 Å². The van der Waals surface area contributed by atoms with Crippen LogP contribution in [-0.2, 0) is 0 Å². The van der Waals surface area contributed by atoms with Crippen molar-refractivity contribution in [2.24, 2.45) is 0 Å². The van der Waals surface area contributed by atoms with Gasteiger partial charge in [-0.05, 0) is 45.4 Å². The smallest absolute Gasteiger partial charge is 0.119 e. The van der Waals surface area contributed by atoms with Gasteiger partial charge >= 0.3 is 0 Å². The van der Waals surface area contributed by atoms with Crippen LogP contribution in [0.4, 0.5) is 0 Å². The maximum atomic E-state index is 10.1. The van der Waals surface area contributed by atoms with E-state index >= 15 is 0 Å². The summed E-state index contributed by atoms with van der Waals surface area (Å²) < 4.78 is 5.62. The summed E-state index contributed by atoms with van der Waals surface area (Å²) in [5, 5.41) is 10.1. The van der Waals surface area contributed by atoms with Crippen LogP contribution in [0.3, 0.4) is 0 Å². The number of likely N-dealkylation sites (tertiary alicyclic amines) is 1. The van der Waals surface area contributed by atoms with E-state index in [4.69, 9.17) is 4.74 Å². The van der Waals surface area contributed by atoms with Crippen LogP contribution in [0.2, 0.25) is 0 Å². The summed E-state index contributed by atoms with van der Waals surface area (Å²) in [6.07, 6.45) is 3.39. The fourth-order valence-electron chi connectivity index (χ4n) is 2.58. The van der Waals surface area contributed by atoms with Gasteiger partial charge in [0.15, 0.2) is 0 Å². The lowest BCUT2D eigenvalue weighted by Crippen LogP contribution is -2.43. The van der Waals surface area contributed by atoms with E-state index < -0.39 is 6.10 Å². The molecule has 1 aromatic rings. The van der Waals surface area contributed by atoms with Crippen molar-refractivity contribution in [3.63, 3.8) is 0 Å². The molecule has 1 aliphatic heterocycles. The summed E-state index contributed by atoms with van der Waals surface area (Å²) in [6.45, 7) is 6.48. The van der Waals surface area contributed by atoms with Crippen LogP contribution < -0.4 is 4.74 Å². The molecule has 1 heterocycles. The van der Waals surface area contributed by atoms with E-state index in [1.54, 1.807) is 0 Å². The van der Waals surface area contributed by atoms with Gasteiger partial charge in [-0.3, -0.25) is 4.90 Å². The van der Waals surface area contributed by atoms with Crippen LogP contribution >= 0.6 is 0 Å². The molecule has 0 spiro atoms. The summed E-state index contributed by atoms with van der Waals surface area (Å²) in [5.41, 5.74) is 1.22. The summed E-state index contributed by atoms with van der Waals surface area (Å²) in [4.78, 5) is 2.37. The maximum absolute atomic E-state index is 10.1. The predicted molar refractivity (Wildman–Crippen MR) is 77.6 cm³/mol. The second-order valence-electron chi connectivity index (χ2n) is 5.62. The minimum absolute atomic E-state index is 0.367. The molecular formula is C16H25NO2. The van der Waals surface area contributed by atoms with Crippen molar-refractivity contribution in [1.82, 2.24) is 4.90 Å². The summed E-state index contributed by atoms with van der Waals surface area (Å²) in [7, 11) is 0. The Kier molecular flexibility index (Phi) is 5.23. The highest BCUT2D eigenvalue weighted by molar-refractivity contribution is 5.26. The molecule has 1 saturated heterocycles. The predicted octanol–water partition coefficient (Wildman–Crippen LogP) is 2.61. The highest BCUT2D eigenvalue weighted by atomic mass is 16.5. The lowest BCUT2D eigenvalue weighted by molar-refractivity contribution is 0.0438. The number of piperidine rings is 1. The van der Waals surface area contributed by atoms with Crippen LogP contribution in [0.1, 0.15) is 31.7 Å². The van der Waals surface area contributed by atoms with Crippen LogP contribution in [0.5, 0.6) is 5.75 Å². The Balaban J connectivity index is 1.74. The third-order valence-electron chi connectivity index (χ3n) is 3.85. The van der Waals surface area contributed by atoms with E-state index in [9.17, 15) is 5.11 Å². The topological polar surface area (TPSA) is 32.7 Å². The minimum atomic E-state index is -0.415. The fraction of sp³-hybridized carbons (Fsp3) is 0.625. The number of hydrogen-bond donors (Lipinski definition) is 1. The van der Waals surface area contributed by atoms with E-state index in [1.807, 2.05) is 24.3 Å². The lowest BCUT2D eigenvalue weighted by atomic mass is 10.0. The molecule has 0 aromatic heterocycles. The Morgan fingerprint density at radius 2 is 2.05 bits per heavy atom. The molecule has 0 aliphatic carbocycles. The molecule has 0 unspecified atom stereocenters. The minimum Gasteiger partial charge on any atom is -0.491 e. The lowest BCUT2D eigenvalue weighted by Gasteiger charge is -2.34. The number of ether oxygens (including phenoxy) is 1. The molecule has 1 fully saturated rings. The van der Waals surface area contributed by atoms with Gasteiger partial charge in [0.2, 0.25) is 0 Å². The zero-order valence-electron chi connectivity index (χ0n) is 12.0. The Morgan fingerprint density at radius 1 is 1.32 bits per heavy atom. The van der Waals surface area contributed by atoms with Crippen LogP contribution in [0.15, 0.2) is 24.3 Å². The number of rotatable bonds is 5. The molecule has 3 heteroatoms. The third-order valence-corrected chi connectivity index (χ3v) is 3.85. The number of aryl methyl sites for hydroxylation is 1. The molecule has 106 valence electrons. The number of hydrogen-bond acceptors (Lipinski definition) is 3. The van der Waals surface area contributed by atoms with Crippen LogP contribution in [0, 0.1) is 6.92 Å². The van der Waals surface area contributed by atoms with E-state index in [1.165, 1.54) is 24.8 Å². The first-order chi connectivity index (χ1) is 9.15. The average Bonchev–Trinajstić information content (AvgIpc) is 2.41. The number of aliphatic hydroxyl groups is 1. The molecule has 1 aliphatic rings. The first-order valence-electron chi connectivity index (χ1n) is 7.27. The zero-order chi connectivity index (χ0) is 13.7. The van der Waals surface area contributed by atoms with Crippen LogP contribution in [0.25, 0.3) is 0 Å². The van der Waals surface area contributed by atoms with Gasteiger partial charge in [0, 0.05) is 12.6 Å². The summed E-state index contributed by atoms with van der Waals surface area (Å²) in [5.74, 6) is 0.830. The maximum Gasteiger partial charge on any atom is 0.119 e. The van der Waals surface area contributed by atoms with Gasteiger partial charge in [0.05, 0.1) is 0 Å². The van der Waals surface area contributed by atoms with Crippen molar-refractivity contribution >= 4 is 0 Å². The monoisotopic (exact) mass is 263 g/mol. The number of aliphatic hydroxyl groups excluding tert-OH is 1. The highest BCUT2D eigenvalue weighted by Gasteiger charge is 2.20. The molecule has 1 N–H and O–H groups in total. The van der Waals surface area contributed by atoms with Crippen LogP contribution in [-0.4, -0.2) is 41.8 Å². The van der Waals surface area contributed by atoms with Gasteiger partial charge in [-0.25, -0.2) is 0 Å². The van der Waals surface area contributed by atoms with Gasteiger partial charge < -0.3 is 9.84 Å². The number of β-amino-alcohol motifs (C(OH)–C–C–N with tert-alkyl or cyclic N) is 1. The zero-order valence-corrected chi connectivity index (χ0v) is 12.0. The molecule has 0 saturated carbocycles. The van der Waals surface area contributed by atoms with Gasteiger partial charge in [-0.2, -0.15) is 0 Å². The molecule has 2 atom stereocenters. The Bertz CT molecular complexity index is 377. The van der Waals surface area contributed by atoms with E-state index in [-0.39, 0.29) is 0 Å². The molecule has 1 aromatic carbocycles. The normalized spacial score (nSPS) is 22.2. The second kappa shape index (κ2) is 6.92. The van der Waals surface area contributed by atoms with E-state index in [2.05, 4.69) is 18.7 Å². The molecule has 19 heavy (non-hydrogen) atoms. The SMILES string of the molecule is Cc1ccc(OC[C@H](O)CN2CCCC[C@H]2C)cc1. The molecule has 3 nitrogen and oxygen atoms in total. The van der Waals surface area contributed by atoms with E-state index in [0.29, 0.717) is 19.2 Å². The molecule has 0 amide bonds. The van der Waals surface area contributed by atoms with Crippen molar-refractivity contribution in [3.8, 4) is 5.75 Å². The Morgan fingerprint density at radius 3 is 2.74 bits per heavy atom. The van der Waals surface area contributed by atoms with Gasteiger partial charge in [0.1, 0.15) is 18.5 Å². The van der Waals surface area contributed by atoms with E-state index in [0.717, 1.165) is 12.3 Å². The molecule has 0 radical (unpaired) electrons. The Hall–Kier alpha value is -1.06. The van der Waals surface area contributed by atoms with Crippen molar-refractivity contribution in [1.29, 1.82) is 0 Å². The Labute approximate surface area is 116 Å². The van der Waals surface area contributed by atoms with Gasteiger partial charge in [0.25, 0.3) is 0 Å². The quantitative estimate of drug-likeness (QED) is 0.886. The number of nitrogens with zero attached hydrogens (tertiary/aromatic N) is 1. The fourth-order valence-corrected chi connectivity index (χ4v) is 2.58. The first kappa shape index (κ1) is 14.4. The van der Waals surface area contributed by atoms with Crippen molar-refractivity contribution < 1.29 is 9.84 Å². The molecular weight excluding hydrogens is 238 g/mol. The average molecular weight is 263 g/mol. The third kappa shape index (κ3) is 4.51. The second-order valence-corrected chi connectivity index (χ2v) is 5.62. The van der Waals surface area contributed by atoms with Crippen molar-refractivity contribution in [2.75, 3.05) is 19.7 Å². The van der Waals surface area contributed by atoms with Gasteiger partial charge in [-0.15, -0.1) is 0 Å². The summed E-state index contributed by atoms with van der Waals surface area (Å²) >= 11 is 0. The molecule has 2 rings (SSSR count). The largest absolute Gasteiger partial charge is 0.491 e. The first-order valence-corrected chi connectivity index (χ1v) is 7.27. The number of benzene rings is 1. The highest BCUT2D eigenvalue weighted by Crippen LogP contribution is 2.17. The van der Waals surface area contributed by atoms with Crippen molar-refractivity contribution in [2.45, 2.75) is 45.3 Å². The molecule has 0 bridgehead atoms. The summed E-state index contributed by atoms with van der Waals surface area (Å²) in [6, 6.07) is 8.53.